The second kappa shape index (κ2) is 8.46. The quantitative estimate of drug-likeness (QED) is 0.772. The molecular weight excluding hydrogens is 290 g/mol. The number of esters is 1. The minimum atomic E-state index is -1.26. The number of hydrogen-bond donors (Lipinski definition) is 2. The fraction of sp³-hybridized carbons (Fsp3) is 0.316. The van der Waals surface area contributed by atoms with Crippen LogP contribution in [-0.4, -0.2) is 23.8 Å². The lowest BCUT2D eigenvalue weighted by Gasteiger charge is -2.27. The van der Waals surface area contributed by atoms with Gasteiger partial charge in [-0.05, 0) is 25.0 Å². The molecule has 122 valence electrons. The van der Waals surface area contributed by atoms with E-state index in [2.05, 4.69) is 5.32 Å². The van der Waals surface area contributed by atoms with Crippen molar-refractivity contribution in [3.8, 4) is 0 Å². The first kappa shape index (κ1) is 17.2. The van der Waals surface area contributed by atoms with Gasteiger partial charge in [0.25, 0.3) is 0 Å². The van der Waals surface area contributed by atoms with Gasteiger partial charge < -0.3 is 15.2 Å². The van der Waals surface area contributed by atoms with Crippen molar-refractivity contribution in [2.45, 2.75) is 32.0 Å². The Bertz CT molecular complexity index is 601. The molecule has 0 fully saturated rings. The zero-order valence-electron chi connectivity index (χ0n) is 13.5. The number of ether oxygens (including phenoxy) is 1. The summed E-state index contributed by atoms with van der Waals surface area (Å²) in [5, 5.41) is 13.8. The van der Waals surface area contributed by atoms with Crippen molar-refractivity contribution in [1.82, 2.24) is 5.32 Å². The molecule has 4 nitrogen and oxygen atoms in total. The highest BCUT2D eigenvalue weighted by atomic mass is 16.5. The number of carbonyl (C=O) groups excluding carboxylic acids is 1. The molecule has 0 amide bonds. The average molecular weight is 313 g/mol. The van der Waals surface area contributed by atoms with E-state index in [0.29, 0.717) is 0 Å². The van der Waals surface area contributed by atoms with Crippen molar-refractivity contribution in [3.63, 3.8) is 0 Å². The molecule has 23 heavy (non-hydrogen) atoms. The van der Waals surface area contributed by atoms with E-state index in [4.69, 9.17) is 4.74 Å². The van der Waals surface area contributed by atoms with Crippen LogP contribution >= 0.6 is 0 Å². The molecule has 0 bridgehead atoms. The lowest BCUT2D eigenvalue weighted by Crippen LogP contribution is -2.39. The third-order valence-corrected chi connectivity index (χ3v) is 3.73. The average Bonchev–Trinajstić information content (AvgIpc) is 2.60. The molecule has 0 saturated heterocycles. The van der Waals surface area contributed by atoms with Crippen molar-refractivity contribution < 1.29 is 14.6 Å². The highest BCUT2D eigenvalue weighted by Crippen LogP contribution is 2.23. The van der Waals surface area contributed by atoms with Crippen LogP contribution < -0.4 is 5.32 Å². The molecule has 2 N–H and O–H groups in total. The number of benzene rings is 2. The summed E-state index contributed by atoms with van der Waals surface area (Å²) in [6.45, 7) is 3.97. The van der Waals surface area contributed by atoms with Crippen LogP contribution in [0.15, 0.2) is 60.7 Å². The molecule has 0 radical (unpaired) electrons. The summed E-state index contributed by atoms with van der Waals surface area (Å²) in [5.74, 6) is -0.617. The molecular formula is C19H23NO3. The second-order valence-corrected chi connectivity index (χ2v) is 5.38. The minimum absolute atomic E-state index is 0.0227. The number of carbonyl (C=O) groups is 1. The van der Waals surface area contributed by atoms with E-state index in [0.717, 1.165) is 11.1 Å². The first-order valence-electron chi connectivity index (χ1n) is 7.84. The minimum Gasteiger partial charge on any atom is -0.464 e. The Morgan fingerprint density at radius 2 is 1.57 bits per heavy atom. The molecule has 0 spiro atoms. The predicted octanol–water partition coefficient (Wildman–Crippen LogP) is 3.00. The fourth-order valence-electron chi connectivity index (χ4n) is 2.50. The highest BCUT2D eigenvalue weighted by molar-refractivity contribution is 5.75. The van der Waals surface area contributed by atoms with Crippen LogP contribution in [0.4, 0.5) is 0 Å². The van der Waals surface area contributed by atoms with Crippen LogP contribution in [0.1, 0.15) is 37.1 Å². The Morgan fingerprint density at radius 3 is 2.09 bits per heavy atom. The third kappa shape index (κ3) is 4.65. The first-order valence-corrected chi connectivity index (χ1v) is 7.84. The van der Waals surface area contributed by atoms with Gasteiger partial charge >= 0.3 is 5.97 Å². The summed E-state index contributed by atoms with van der Waals surface area (Å²) in [7, 11) is 0. The number of aliphatic hydroxyl groups excluding tert-OH is 1. The van der Waals surface area contributed by atoms with Crippen LogP contribution in [0.25, 0.3) is 0 Å². The molecule has 0 aliphatic heterocycles. The first-order chi connectivity index (χ1) is 11.1. The van der Waals surface area contributed by atoms with E-state index in [-0.39, 0.29) is 12.6 Å². The molecule has 0 aromatic heterocycles. The monoisotopic (exact) mass is 313 g/mol. The summed E-state index contributed by atoms with van der Waals surface area (Å²) >= 11 is 0. The number of rotatable bonds is 7. The smallest absolute Gasteiger partial charge is 0.336 e. The van der Waals surface area contributed by atoms with Gasteiger partial charge in [-0.15, -0.1) is 0 Å². The van der Waals surface area contributed by atoms with Gasteiger partial charge in [-0.2, -0.15) is 0 Å². The zero-order chi connectivity index (χ0) is 16.7. The molecule has 2 aromatic rings. The van der Waals surface area contributed by atoms with Crippen LogP contribution in [0.2, 0.25) is 0 Å². The predicted molar refractivity (Wildman–Crippen MR) is 89.8 cm³/mol. The molecule has 0 aliphatic carbocycles. The van der Waals surface area contributed by atoms with Crippen molar-refractivity contribution in [1.29, 1.82) is 0 Å². The Morgan fingerprint density at radius 1 is 1.04 bits per heavy atom. The normalized spacial score (nSPS) is 14.7. The topological polar surface area (TPSA) is 58.6 Å². The van der Waals surface area contributed by atoms with Crippen LogP contribution in [0, 0.1) is 0 Å². The summed E-state index contributed by atoms with van der Waals surface area (Å²) in [6.07, 6.45) is -1.26. The van der Waals surface area contributed by atoms with Gasteiger partial charge in [0.2, 0.25) is 0 Å². The summed E-state index contributed by atoms with van der Waals surface area (Å²) in [4.78, 5) is 12.0. The largest absolute Gasteiger partial charge is 0.464 e. The molecule has 2 rings (SSSR count). The molecule has 0 aliphatic rings. The maximum absolute atomic E-state index is 12.0. The van der Waals surface area contributed by atoms with E-state index < -0.39 is 18.1 Å². The van der Waals surface area contributed by atoms with E-state index in [1.165, 1.54) is 0 Å². The van der Waals surface area contributed by atoms with Gasteiger partial charge in [-0.25, -0.2) is 4.79 Å². The SMILES string of the molecule is CCOC(=O)[C@H](O)[C@@H](N[C@@H](C)c1ccccc1)c1ccccc1. The van der Waals surface area contributed by atoms with Gasteiger partial charge in [-0.3, -0.25) is 0 Å². The summed E-state index contributed by atoms with van der Waals surface area (Å²) in [5.41, 5.74) is 1.93. The second-order valence-electron chi connectivity index (χ2n) is 5.38. The van der Waals surface area contributed by atoms with Crippen molar-refractivity contribution in [2.24, 2.45) is 0 Å². The lowest BCUT2D eigenvalue weighted by molar-refractivity contribution is -0.154. The van der Waals surface area contributed by atoms with Gasteiger partial charge in [0.15, 0.2) is 6.10 Å². The zero-order valence-corrected chi connectivity index (χ0v) is 13.5. The Kier molecular flexibility index (Phi) is 6.32. The lowest BCUT2D eigenvalue weighted by atomic mass is 9.98. The van der Waals surface area contributed by atoms with Crippen molar-refractivity contribution in [3.05, 3.63) is 71.8 Å². The molecule has 0 unspecified atom stereocenters. The Labute approximate surface area is 137 Å². The maximum Gasteiger partial charge on any atom is 0.336 e. The maximum atomic E-state index is 12.0. The molecule has 4 heteroatoms. The molecule has 0 heterocycles. The van der Waals surface area contributed by atoms with Crippen molar-refractivity contribution in [2.75, 3.05) is 6.61 Å². The fourth-order valence-corrected chi connectivity index (χ4v) is 2.50. The van der Waals surface area contributed by atoms with E-state index >= 15 is 0 Å². The van der Waals surface area contributed by atoms with E-state index in [1.54, 1.807) is 6.92 Å². The molecule has 3 atom stereocenters. The van der Waals surface area contributed by atoms with Gasteiger partial charge in [-0.1, -0.05) is 60.7 Å². The number of nitrogens with one attached hydrogen (secondary N) is 1. The van der Waals surface area contributed by atoms with E-state index in [1.807, 2.05) is 67.6 Å². The van der Waals surface area contributed by atoms with Crippen LogP contribution in [0.3, 0.4) is 0 Å². The van der Waals surface area contributed by atoms with Gasteiger partial charge in [0, 0.05) is 6.04 Å². The Balaban J connectivity index is 2.22. The number of hydrogen-bond acceptors (Lipinski definition) is 4. The molecule has 0 saturated carbocycles. The summed E-state index contributed by atoms with van der Waals surface area (Å²) in [6, 6.07) is 18.8. The standard InChI is InChI=1S/C19H23NO3/c1-3-23-19(22)18(21)17(16-12-8-5-9-13-16)20-14(2)15-10-6-4-7-11-15/h4-14,17-18,20-21H,3H2,1-2H3/t14-,17-,18+/m0/s1. The van der Waals surface area contributed by atoms with Crippen molar-refractivity contribution >= 4 is 5.97 Å². The summed E-state index contributed by atoms with van der Waals surface area (Å²) < 4.78 is 4.96. The number of aliphatic hydroxyl groups is 1. The van der Waals surface area contributed by atoms with Crippen LogP contribution in [-0.2, 0) is 9.53 Å². The van der Waals surface area contributed by atoms with Gasteiger partial charge in [0.05, 0.1) is 12.6 Å². The Hall–Kier alpha value is -2.17. The molecule has 2 aromatic carbocycles. The van der Waals surface area contributed by atoms with E-state index in [9.17, 15) is 9.90 Å². The van der Waals surface area contributed by atoms with Gasteiger partial charge in [0.1, 0.15) is 0 Å². The highest BCUT2D eigenvalue weighted by Gasteiger charge is 2.29. The third-order valence-electron chi connectivity index (χ3n) is 3.73. The van der Waals surface area contributed by atoms with Crippen LogP contribution in [0.5, 0.6) is 0 Å².